The Kier molecular flexibility index (Phi) is 3.88. The van der Waals surface area contributed by atoms with Gasteiger partial charge in [0.15, 0.2) is 0 Å². The summed E-state index contributed by atoms with van der Waals surface area (Å²) in [6.45, 7) is 5.08. The molecule has 0 aliphatic rings. The largest absolute Gasteiger partial charge is 0.491 e. The molecule has 3 nitrogen and oxygen atoms in total. The summed E-state index contributed by atoms with van der Waals surface area (Å²) in [4.78, 5) is 0. The van der Waals surface area contributed by atoms with Crippen molar-refractivity contribution in [1.82, 2.24) is 0 Å². The maximum absolute atomic E-state index is 13.5. The van der Waals surface area contributed by atoms with Gasteiger partial charge in [-0.25, -0.2) is 4.39 Å². The lowest BCUT2D eigenvalue weighted by Gasteiger charge is -2.18. The molecule has 3 N–H and O–H groups in total. The number of hydrogen-bond donors (Lipinski definition) is 2. The highest BCUT2D eigenvalue weighted by atomic mass is 19.1. The Hall–Kier alpha value is -1.13. The normalized spacial score (nSPS) is 13.6. The Labute approximate surface area is 95.0 Å². The monoisotopic (exact) mass is 227 g/mol. The van der Waals surface area contributed by atoms with Crippen LogP contribution in [0.1, 0.15) is 32.4 Å². The molecule has 1 aromatic carbocycles. The third-order valence-electron chi connectivity index (χ3n) is 2.05. The third kappa shape index (κ3) is 3.79. The van der Waals surface area contributed by atoms with Crippen LogP contribution in [0.2, 0.25) is 0 Å². The summed E-state index contributed by atoms with van der Waals surface area (Å²) >= 11 is 0. The molecule has 0 aliphatic heterocycles. The second-order valence-corrected chi connectivity index (χ2v) is 4.57. The molecule has 0 unspecified atom stereocenters. The average molecular weight is 227 g/mol. The predicted molar refractivity (Wildman–Crippen MR) is 60.8 cm³/mol. The fourth-order valence-electron chi connectivity index (χ4n) is 1.23. The van der Waals surface area contributed by atoms with Crippen molar-refractivity contribution < 1.29 is 14.2 Å². The fourth-order valence-corrected chi connectivity index (χ4v) is 1.23. The second-order valence-electron chi connectivity index (χ2n) is 4.57. The summed E-state index contributed by atoms with van der Waals surface area (Å²) in [6.07, 6.45) is 0. The molecule has 0 aromatic heterocycles. The zero-order valence-corrected chi connectivity index (χ0v) is 9.83. The van der Waals surface area contributed by atoms with Gasteiger partial charge < -0.3 is 15.6 Å². The van der Waals surface area contributed by atoms with E-state index in [4.69, 9.17) is 10.5 Å². The minimum Gasteiger partial charge on any atom is -0.491 e. The maximum atomic E-state index is 13.5. The van der Waals surface area contributed by atoms with Crippen LogP contribution in [0.3, 0.4) is 0 Å². The van der Waals surface area contributed by atoms with Gasteiger partial charge in [-0.15, -0.1) is 0 Å². The first-order valence-corrected chi connectivity index (χ1v) is 5.20. The van der Waals surface area contributed by atoms with Crippen molar-refractivity contribution in [3.8, 4) is 5.75 Å². The van der Waals surface area contributed by atoms with E-state index < -0.39 is 5.60 Å². The quantitative estimate of drug-likeness (QED) is 0.827. The smallest absolute Gasteiger partial charge is 0.131 e. The highest BCUT2D eigenvalue weighted by Gasteiger charge is 2.14. The number of benzene rings is 1. The van der Waals surface area contributed by atoms with E-state index in [1.54, 1.807) is 32.9 Å². The molecular formula is C12H18FNO2. The molecule has 0 fully saturated rings. The standard InChI is InChI=1S/C12H18FNO2/c1-8(14)10-5-4-9(6-11(10)13)16-7-12(2,3)15/h4-6,8,15H,7,14H2,1-3H3/t8-/m0/s1. The Balaban J connectivity index is 2.74. The fraction of sp³-hybridized carbons (Fsp3) is 0.500. The van der Waals surface area contributed by atoms with Crippen LogP contribution in [-0.2, 0) is 0 Å². The average Bonchev–Trinajstić information content (AvgIpc) is 2.13. The van der Waals surface area contributed by atoms with Crippen molar-refractivity contribution in [3.63, 3.8) is 0 Å². The van der Waals surface area contributed by atoms with Gasteiger partial charge in [0.25, 0.3) is 0 Å². The number of ether oxygens (including phenoxy) is 1. The van der Waals surface area contributed by atoms with E-state index >= 15 is 0 Å². The first kappa shape index (κ1) is 12.9. The summed E-state index contributed by atoms with van der Waals surface area (Å²) in [5, 5.41) is 9.45. The lowest BCUT2D eigenvalue weighted by Crippen LogP contribution is -2.27. The summed E-state index contributed by atoms with van der Waals surface area (Å²) in [6, 6.07) is 4.18. The molecule has 0 spiro atoms. The van der Waals surface area contributed by atoms with Gasteiger partial charge in [0, 0.05) is 17.7 Å². The third-order valence-corrected chi connectivity index (χ3v) is 2.05. The van der Waals surface area contributed by atoms with E-state index in [-0.39, 0.29) is 18.5 Å². The van der Waals surface area contributed by atoms with Crippen LogP contribution >= 0.6 is 0 Å². The van der Waals surface area contributed by atoms with Gasteiger partial charge in [0.1, 0.15) is 18.2 Å². The van der Waals surface area contributed by atoms with E-state index in [1.165, 1.54) is 6.07 Å². The number of aliphatic hydroxyl groups is 1. The highest BCUT2D eigenvalue weighted by Crippen LogP contribution is 2.21. The minimum absolute atomic E-state index is 0.115. The van der Waals surface area contributed by atoms with E-state index in [9.17, 15) is 9.50 Å². The second kappa shape index (κ2) is 4.80. The molecule has 1 rings (SSSR count). The van der Waals surface area contributed by atoms with Crippen molar-refractivity contribution in [2.45, 2.75) is 32.4 Å². The molecule has 0 saturated heterocycles. The Morgan fingerprint density at radius 3 is 2.56 bits per heavy atom. The molecule has 0 aliphatic carbocycles. The van der Waals surface area contributed by atoms with Crippen LogP contribution in [0.15, 0.2) is 18.2 Å². The van der Waals surface area contributed by atoms with E-state index in [2.05, 4.69) is 0 Å². The number of rotatable bonds is 4. The molecule has 4 heteroatoms. The van der Waals surface area contributed by atoms with Crippen molar-refractivity contribution in [3.05, 3.63) is 29.6 Å². The lowest BCUT2D eigenvalue weighted by molar-refractivity contribution is 0.0283. The summed E-state index contributed by atoms with van der Waals surface area (Å²) in [7, 11) is 0. The first-order valence-electron chi connectivity index (χ1n) is 5.20. The first-order chi connectivity index (χ1) is 7.29. The summed E-state index contributed by atoms with van der Waals surface area (Å²) in [5.74, 6) is 0.00673. The molecule has 0 bridgehead atoms. The van der Waals surface area contributed by atoms with Crippen molar-refractivity contribution >= 4 is 0 Å². The molecule has 0 amide bonds. The molecule has 1 atom stereocenters. The number of nitrogens with two attached hydrogens (primary N) is 1. The molecule has 90 valence electrons. The maximum Gasteiger partial charge on any atom is 0.131 e. The van der Waals surface area contributed by atoms with E-state index in [1.807, 2.05) is 0 Å². The zero-order valence-electron chi connectivity index (χ0n) is 9.83. The van der Waals surface area contributed by atoms with Crippen LogP contribution in [0, 0.1) is 5.82 Å². The van der Waals surface area contributed by atoms with Crippen LogP contribution in [0.5, 0.6) is 5.75 Å². The SMILES string of the molecule is C[C@H](N)c1ccc(OCC(C)(C)O)cc1F. The summed E-state index contributed by atoms with van der Waals surface area (Å²) < 4.78 is 18.8. The Morgan fingerprint density at radius 1 is 1.50 bits per heavy atom. The van der Waals surface area contributed by atoms with Crippen molar-refractivity contribution in [2.75, 3.05) is 6.61 Å². The Bertz CT molecular complexity index is 359. The van der Waals surface area contributed by atoms with Gasteiger partial charge in [-0.3, -0.25) is 0 Å². The van der Waals surface area contributed by atoms with E-state index in [0.717, 1.165) is 0 Å². The van der Waals surface area contributed by atoms with Gasteiger partial charge >= 0.3 is 0 Å². The predicted octanol–water partition coefficient (Wildman–Crippen LogP) is 2.00. The zero-order chi connectivity index (χ0) is 12.3. The van der Waals surface area contributed by atoms with Gasteiger partial charge in [-0.2, -0.15) is 0 Å². The van der Waals surface area contributed by atoms with Crippen molar-refractivity contribution in [2.24, 2.45) is 5.73 Å². The van der Waals surface area contributed by atoms with Crippen molar-refractivity contribution in [1.29, 1.82) is 0 Å². The van der Waals surface area contributed by atoms with Gasteiger partial charge in [-0.1, -0.05) is 6.07 Å². The molecule has 16 heavy (non-hydrogen) atoms. The molecule has 0 heterocycles. The van der Waals surface area contributed by atoms with Gasteiger partial charge in [0.2, 0.25) is 0 Å². The number of halogens is 1. The lowest BCUT2D eigenvalue weighted by atomic mass is 10.1. The number of hydrogen-bond acceptors (Lipinski definition) is 3. The topological polar surface area (TPSA) is 55.5 Å². The summed E-state index contributed by atoms with van der Waals surface area (Å²) in [5.41, 5.74) is 5.11. The Morgan fingerprint density at radius 2 is 2.12 bits per heavy atom. The van der Waals surface area contributed by atoms with Crippen LogP contribution in [0.25, 0.3) is 0 Å². The van der Waals surface area contributed by atoms with Crippen LogP contribution < -0.4 is 10.5 Å². The van der Waals surface area contributed by atoms with E-state index in [0.29, 0.717) is 11.3 Å². The van der Waals surface area contributed by atoms with Crippen LogP contribution in [0.4, 0.5) is 4.39 Å². The molecule has 1 aromatic rings. The molecule has 0 radical (unpaired) electrons. The molecular weight excluding hydrogens is 209 g/mol. The van der Waals surface area contributed by atoms with Gasteiger partial charge in [0.05, 0.1) is 5.60 Å². The van der Waals surface area contributed by atoms with Crippen LogP contribution in [-0.4, -0.2) is 17.3 Å². The highest BCUT2D eigenvalue weighted by molar-refractivity contribution is 5.30. The minimum atomic E-state index is -0.934. The van der Waals surface area contributed by atoms with Gasteiger partial charge in [-0.05, 0) is 26.8 Å². The molecule has 0 saturated carbocycles.